The molecule has 0 unspecified atom stereocenters. The van der Waals surface area contributed by atoms with Crippen LogP contribution >= 0.6 is 23.2 Å². The van der Waals surface area contributed by atoms with Crippen LogP contribution in [0.1, 0.15) is 59.8 Å². The van der Waals surface area contributed by atoms with Gasteiger partial charge in [-0.2, -0.15) is 0 Å². The van der Waals surface area contributed by atoms with Gasteiger partial charge in [-0.25, -0.2) is 18.4 Å². The molecule has 0 radical (unpaired) electrons. The van der Waals surface area contributed by atoms with Crippen molar-refractivity contribution in [3.63, 3.8) is 0 Å². The monoisotopic (exact) mass is 680 g/mol. The van der Waals surface area contributed by atoms with E-state index in [-0.39, 0.29) is 43.7 Å². The number of rotatable bonds is 8. The Balaban J connectivity index is 0.000000185. The van der Waals surface area contributed by atoms with Gasteiger partial charge in [0, 0.05) is 47.1 Å². The molecule has 0 aromatic heterocycles. The molecule has 2 N–H and O–H groups in total. The first-order valence-corrected chi connectivity index (χ1v) is 15.7. The second-order valence-corrected chi connectivity index (χ2v) is 12.3. The average Bonchev–Trinajstić information content (AvgIpc) is 3.02. The maximum Gasteiger partial charge on any atom is 0.411 e. The molecular weight excluding hydrogens is 649 g/mol. The molecule has 2 aliphatic rings. The maximum atomic E-state index is 13.0. The highest BCUT2D eigenvalue weighted by atomic mass is 35.5. The zero-order valence-corrected chi connectivity index (χ0v) is 26.7. The van der Waals surface area contributed by atoms with Crippen molar-refractivity contribution in [1.82, 2.24) is 0 Å². The van der Waals surface area contributed by atoms with Crippen LogP contribution in [0.5, 0.6) is 0 Å². The number of carbonyl (C=O) groups is 3. The van der Waals surface area contributed by atoms with Gasteiger partial charge in [-0.15, -0.1) is 0 Å². The van der Waals surface area contributed by atoms with Gasteiger partial charge in [-0.05, 0) is 58.4 Å². The van der Waals surface area contributed by atoms with E-state index >= 15 is 0 Å². The Morgan fingerprint density at radius 2 is 1.11 bits per heavy atom. The highest BCUT2D eigenvalue weighted by Gasteiger charge is 2.46. The highest BCUT2D eigenvalue weighted by Crippen LogP contribution is 2.50. The molecule has 0 atom stereocenters. The van der Waals surface area contributed by atoms with Gasteiger partial charge in [0.05, 0.1) is 0 Å². The topological polar surface area (TPSA) is 93.7 Å². The fraction of sp³-hybridized carbons (Fsp3) is 0.250. The molecule has 7 nitrogen and oxygen atoms in total. The van der Waals surface area contributed by atoms with Crippen molar-refractivity contribution in [3.8, 4) is 0 Å². The van der Waals surface area contributed by atoms with Gasteiger partial charge in [0.1, 0.15) is 19.0 Å². The molecule has 0 saturated heterocycles. The fourth-order valence-corrected chi connectivity index (χ4v) is 5.89. The number of ketones is 1. The fourth-order valence-electron chi connectivity index (χ4n) is 5.22. The van der Waals surface area contributed by atoms with Crippen LogP contribution in [0.15, 0.2) is 97.1 Å². The zero-order valence-electron chi connectivity index (χ0n) is 25.2. The van der Waals surface area contributed by atoms with Gasteiger partial charge in [-0.1, -0.05) is 96.0 Å². The molecule has 47 heavy (non-hydrogen) atoms. The molecule has 2 fully saturated rings. The second kappa shape index (κ2) is 15.4. The van der Waals surface area contributed by atoms with Crippen LogP contribution in [0.2, 0.25) is 10.0 Å². The van der Waals surface area contributed by atoms with Crippen molar-refractivity contribution in [2.75, 3.05) is 10.6 Å². The molecule has 2 saturated carbocycles. The molecule has 2 aliphatic carbocycles. The third-order valence-corrected chi connectivity index (χ3v) is 8.49. The van der Waals surface area contributed by atoms with Crippen molar-refractivity contribution in [2.24, 2.45) is 0 Å². The van der Waals surface area contributed by atoms with E-state index in [2.05, 4.69) is 10.6 Å². The summed E-state index contributed by atoms with van der Waals surface area (Å²) in [6.07, 6.45) is -0.400. The summed E-state index contributed by atoms with van der Waals surface area (Å²) >= 11 is 12.4. The Labute approximate surface area is 281 Å². The number of hydrogen-bond donors (Lipinski definition) is 2. The molecular formula is C36H32Cl2F2N2O5. The third kappa shape index (κ3) is 9.76. The van der Waals surface area contributed by atoms with Crippen molar-refractivity contribution in [1.29, 1.82) is 0 Å². The van der Waals surface area contributed by atoms with Gasteiger partial charge in [0.25, 0.3) is 0 Å². The molecule has 0 heterocycles. The van der Waals surface area contributed by atoms with Crippen LogP contribution in [0.4, 0.5) is 29.7 Å². The number of anilines is 2. The molecule has 2 amide bonds. The summed E-state index contributed by atoms with van der Waals surface area (Å²) in [5, 5.41) is 6.16. The van der Waals surface area contributed by atoms with Crippen molar-refractivity contribution in [3.05, 3.63) is 129 Å². The zero-order chi connectivity index (χ0) is 33.4. The van der Waals surface area contributed by atoms with Gasteiger partial charge in [0.15, 0.2) is 0 Å². The summed E-state index contributed by atoms with van der Waals surface area (Å²) in [5.74, 6) is -2.36. The third-order valence-electron chi connectivity index (χ3n) is 7.84. The van der Waals surface area contributed by atoms with Crippen molar-refractivity contribution >= 4 is 52.5 Å². The Morgan fingerprint density at radius 1 is 0.681 bits per heavy atom. The number of amides is 2. The number of ether oxygens (including phenoxy) is 2. The predicted molar refractivity (Wildman–Crippen MR) is 177 cm³/mol. The van der Waals surface area contributed by atoms with Gasteiger partial charge < -0.3 is 9.47 Å². The lowest BCUT2D eigenvalue weighted by Crippen LogP contribution is -2.33. The number of hydrogen-bond acceptors (Lipinski definition) is 5. The van der Waals surface area contributed by atoms with Gasteiger partial charge in [-0.3, -0.25) is 15.4 Å². The molecule has 0 bridgehead atoms. The van der Waals surface area contributed by atoms with E-state index in [1.165, 1.54) is 0 Å². The van der Waals surface area contributed by atoms with Gasteiger partial charge in [0.2, 0.25) is 5.92 Å². The molecule has 244 valence electrons. The average molecular weight is 682 g/mol. The maximum absolute atomic E-state index is 13.0. The Kier molecular flexibility index (Phi) is 11.1. The Bertz CT molecular complexity index is 1710. The van der Waals surface area contributed by atoms with E-state index < -0.39 is 18.1 Å². The number of nitrogens with one attached hydrogen (secondary N) is 2. The lowest BCUT2D eigenvalue weighted by atomic mass is 9.77. The molecule has 4 aromatic carbocycles. The number of alkyl halides is 2. The molecule has 6 rings (SSSR count). The van der Waals surface area contributed by atoms with E-state index in [4.69, 9.17) is 32.7 Å². The summed E-state index contributed by atoms with van der Waals surface area (Å²) in [5.41, 5.74) is 4.48. The summed E-state index contributed by atoms with van der Waals surface area (Å²) in [6, 6.07) is 28.9. The lowest BCUT2D eigenvalue weighted by molar-refractivity contribution is -0.124. The van der Waals surface area contributed by atoms with Crippen LogP contribution in [-0.4, -0.2) is 23.9 Å². The van der Waals surface area contributed by atoms with E-state index in [0.29, 0.717) is 39.8 Å². The second-order valence-electron chi connectivity index (χ2n) is 11.5. The number of benzene rings is 4. The lowest BCUT2D eigenvalue weighted by Gasteiger charge is -2.35. The minimum Gasteiger partial charge on any atom is -0.444 e. The van der Waals surface area contributed by atoms with Crippen LogP contribution in [-0.2, 0) is 27.5 Å². The molecule has 11 heteroatoms. The van der Waals surface area contributed by atoms with E-state index in [0.717, 1.165) is 16.7 Å². The van der Waals surface area contributed by atoms with E-state index in [1.807, 2.05) is 66.7 Å². The van der Waals surface area contributed by atoms with E-state index in [9.17, 15) is 23.2 Å². The van der Waals surface area contributed by atoms with Crippen molar-refractivity contribution in [2.45, 2.75) is 56.7 Å². The highest BCUT2D eigenvalue weighted by molar-refractivity contribution is 6.32. The number of Topliss-reactive ketones (excluding diaryl/α,β-unsaturated/α-hetero) is 1. The van der Waals surface area contributed by atoms with Crippen LogP contribution in [0, 0.1) is 0 Å². The summed E-state index contributed by atoms with van der Waals surface area (Å²) in [7, 11) is 0. The smallest absolute Gasteiger partial charge is 0.411 e. The summed E-state index contributed by atoms with van der Waals surface area (Å²) in [6.45, 7) is 0.373. The minimum atomic E-state index is -2.59. The molecule has 0 spiro atoms. The first-order valence-electron chi connectivity index (χ1n) is 15.0. The number of halogens is 4. The van der Waals surface area contributed by atoms with Gasteiger partial charge >= 0.3 is 12.2 Å². The summed E-state index contributed by atoms with van der Waals surface area (Å²) < 4.78 is 36.2. The normalized spacial score (nSPS) is 15.3. The van der Waals surface area contributed by atoms with Crippen molar-refractivity contribution < 1.29 is 32.6 Å². The predicted octanol–water partition coefficient (Wildman–Crippen LogP) is 10.1. The first-order chi connectivity index (χ1) is 22.5. The largest absolute Gasteiger partial charge is 0.444 e. The van der Waals surface area contributed by atoms with Crippen LogP contribution in [0.25, 0.3) is 0 Å². The Hall–Kier alpha value is -4.47. The Morgan fingerprint density at radius 3 is 1.49 bits per heavy atom. The minimum absolute atomic E-state index is 0.162. The van der Waals surface area contributed by atoms with Crippen LogP contribution in [0.3, 0.4) is 0 Å². The quantitative estimate of drug-likeness (QED) is 0.193. The number of carbonyl (C=O) groups excluding carboxylic acids is 3. The SMILES string of the molecule is O=C(Nc1ccc(C2CC(F)(F)C2)c(Cl)c1)OCc1ccccc1.O=C1CC(c2ccc(NC(=O)OCc3ccccc3)cc2Cl)C1. The summed E-state index contributed by atoms with van der Waals surface area (Å²) in [4.78, 5) is 34.7. The standard InChI is InChI=1S/C18H16ClF2NO2.C18H16ClNO3/c19-16-8-14(6-7-15(16)13-9-18(20,21)10-13)22-17(23)24-11-12-4-2-1-3-5-12;19-17-10-14(6-7-16(17)13-8-15(21)9-13)20-18(22)23-11-12-4-2-1-3-5-12/h1-8,13H,9-11H2,(H,22,23);1-7,10,13H,8-9,11H2,(H,20,22). The molecule has 4 aromatic rings. The first kappa shape index (κ1) is 33.9. The molecule has 0 aliphatic heterocycles. The van der Waals surface area contributed by atoms with Crippen LogP contribution < -0.4 is 10.6 Å². The van der Waals surface area contributed by atoms with E-state index in [1.54, 1.807) is 30.3 Å².